The van der Waals surface area contributed by atoms with E-state index in [1.54, 1.807) is 12.1 Å². The summed E-state index contributed by atoms with van der Waals surface area (Å²) >= 11 is 0. The second-order valence-electron chi connectivity index (χ2n) is 6.63. The third-order valence-electron chi connectivity index (χ3n) is 4.71. The van der Waals surface area contributed by atoms with Crippen molar-refractivity contribution in [2.75, 3.05) is 0 Å². The molecule has 1 amide bonds. The second kappa shape index (κ2) is 7.22. The zero-order valence-electron chi connectivity index (χ0n) is 15.2. The van der Waals surface area contributed by atoms with Gasteiger partial charge in [-0.15, -0.1) is 5.10 Å². The van der Waals surface area contributed by atoms with Crippen molar-refractivity contribution in [2.24, 2.45) is 0 Å². The minimum absolute atomic E-state index is 0.0379. The number of carbonyl (C=O) groups excluding carboxylic acids is 1. The fraction of sp³-hybridized carbons (Fsp3) is 0.211. The van der Waals surface area contributed by atoms with Crippen LogP contribution in [-0.2, 0) is 30.6 Å². The van der Waals surface area contributed by atoms with Crippen molar-refractivity contribution < 1.29 is 22.4 Å². The highest BCUT2D eigenvalue weighted by Crippen LogP contribution is 2.39. The molecule has 0 unspecified atom stereocenters. The Morgan fingerprint density at radius 2 is 1.93 bits per heavy atom. The first-order valence-corrected chi connectivity index (χ1v) is 8.67. The number of pyridine rings is 1. The van der Waals surface area contributed by atoms with Gasteiger partial charge in [0.2, 0.25) is 11.9 Å². The fourth-order valence-corrected chi connectivity index (χ4v) is 3.33. The number of alkyl halides is 3. The van der Waals surface area contributed by atoms with Crippen LogP contribution in [0.4, 0.5) is 17.6 Å². The standard InChI is InChI=1S/C19H12F4N6O/c20-18-17(14(3-4-25-18)19(21,22)23)11-1-2-12-7-28(8-13(12)5-11)16(30)9-29-10-26-15(6-24)27-29/h1-5,10H,7-9H2. The van der Waals surface area contributed by atoms with Crippen LogP contribution in [0.15, 0.2) is 36.8 Å². The molecule has 0 spiro atoms. The maximum atomic E-state index is 14.2. The lowest BCUT2D eigenvalue weighted by Crippen LogP contribution is -2.29. The lowest BCUT2D eigenvalue weighted by atomic mass is 9.97. The van der Waals surface area contributed by atoms with Crippen LogP contribution in [0.3, 0.4) is 0 Å². The monoisotopic (exact) mass is 416 g/mol. The molecule has 0 saturated heterocycles. The molecular weight excluding hydrogens is 404 g/mol. The summed E-state index contributed by atoms with van der Waals surface area (Å²) in [6, 6.07) is 6.90. The summed E-state index contributed by atoms with van der Waals surface area (Å²) in [4.78, 5) is 21.1. The largest absolute Gasteiger partial charge is 0.417 e. The van der Waals surface area contributed by atoms with Crippen LogP contribution in [0.1, 0.15) is 22.5 Å². The van der Waals surface area contributed by atoms with Crippen LogP contribution in [-0.4, -0.2) is 30.6 Å². The third-order valence-corrected chi connectivity index (χ3v) is 4.71. The SMILES string of the molecule is N#Cc1ncn(CC(=O)N2Cc3ccc(-c4c(C(F)(F)F)ccnc4F)cc3C2)n1. The molecular formula is C19H12F4N6O. The third kappa shape index (κ3) is 3.59. The first kappa shape index (κ1) is 19.5. The molecule has 4 rings (SSSR count). The molecule has 152 valence electrons. The number of nitriles is 1. The van der Waals surface area contributed by atoms with Gasteiger partial charge in [0.25, 0.3) is 5.82 Å². The Balaban J connectivity index is 1.58. The molecule has 3 aromatic rings. The Hall–Kier alpha value is -3.81. The molecule has 7 nitrogen and oxygen atoms in total. The van der Waals surface area contributed by atoms with Gasteiger partial charge in [-0.3, -0.25) is 4.79 Å². The molecule has 30 heavy (non-hydrogen) atoms. The van der Waals surface area contributed by atoms with Gasteiger partial charge < -0.3 is 4.90 Å². The molecule has 0 aliphatic carbocycles. The van der Waals surface area contributed by atoms with Crippen LogP contribution >= 0.6 is 0 Å². The highest BCUT2D eigenvalue weighted by Gasteiger charge is 2.36. The zero-order valence-corrected chi connectivity index (χ0v) is 15.2. The highest BCUT2D eigenvalue weighted by molar-refractivity contribution is 5.77. The molecule has 2 aromatic heterocycles. The van der Waals surface area contributed by atoms with E-state index in [2.05, 4.69) is 15.1 Å². The predicted molar refractivity (Wildman–Crippen MR) is 93.6 cm³/mol. The number of benzene rings is 1. The Kier molecular flexibility index (Phi) is 4.69. The molecule has 0 fully saturated rings. The number of fused-ring (bicyclic) bond motifs is 1. The Morgan fingerprint density at radius 1 is 1.17 bits per heavy atom. The van der Waals surface area contributed by atoms with Gasteiger partial charge in [-0.05, 0) is 28.8 Å². The van der Waals surface area contributed by atoms with Gasteiger partial charge >= 0.3 is 6.18 Å². The topological polar surface area (TPSA) is 87.7 Å². The van der Waals surface area contributed by atoms with E-state index in [9.17, 15) is 22.4 Å². The number of carbonyl (C=O) groups is 1. The minimum atomic E-state index is -4.74. The van der Waals surface area contributed by atoms with E-state index < -0.39 is 23.3 Å². The Labute approximate surface area is 167 Å². The van der Waals surface area contributed by atoms with Gasteiger partial charge in [0.15, 0.2) is 0 Å². The second-order valence-corrected chi connectivity index (χ2v) is 6.63. The van der Waals surface area contributed by atoms with E-state index in [1.165, 1.54) is 28.0 Å². The fourth-order valence-electron chi connectivity index (χ4n) is 3.33. The van der Waals surface area contributed by atoms with Gasteiger partial charge in [0, 0.05) is 24.8 Å². The predicted octanol–water partition coefficient (Wildman–Crippen LogP) is 2.91. The molecule has 0 atom stereocenters. The van der Waals surface area contributed by atoms with Crippen molar-refractivity contribution in [3.8, 4) is 17.2 Å². The normalized spacial score (nSPS) is 13.2. The molecule has 0 bridgehead atoms. The number of halogens is 4. The number of amides is 1. The van der Waals surface area contributed by atoms with Crippen molar-refractivity contribution >= 4 is 5.91 Å². The van der Waals surface area contributed by atoms with E-state index in [0.717, 1.165) is 17.8 Å². The highest BCUT2D eigenvalue weighted by atomic mass is 19.4. The van der Waals surface area contributed by atoms with E-state index in [4.69, 9.17) is 5.26 Å². The number of hydrogen-bond donors (Lipinski definition) is 0. The molecule has 1 aliphatic heterocycles. The molecule has 3 heterocycles. The average molecular weight is 416 g/mol. The van der Waals surface area contributed by atoms with Crippen LogP contribution < -0.4 is 0 Å². The van der Waals surface area contributed by atoms with Gasteiger partial charge in [0.05, 0.1) is 5.56 Å². The summed E-state index contributed by atoms with van der Waals surface area (Å²) in [6.07, 6.45) is -2.70. The van der Waals surface area contributed by atoms with Crippen molar-refractivity contribution in [3.63, 3.8) is 0 Å². The van der Waals surface area contributed by atoms with Crippen molar-refractivity contribution in [1.82, 2.24) is 24.6 Å². The number of nitrogens with zero attached hydrogens (tertiary/aromatic N) is 6. The molecule has 1 aromatic carbocycles. The van der Waals surface area contributed by atoms with E-state index >= 15 is 0 Å². The number of rotatable bonds is 3. The summed E-state index contributed by atoms with van der Waals surface area (Å²) in [6.45, 7) is 0.284. The zero-order chi connectivity index (χ0) is 21.5. The van der Waals surface area contributed by atoms with Crippen molar-refractivity contribution in [1.29, 1.82) is 5.26 Å². The van der Waals surface area contributed by atoms with Crippen LogP contribution in [0.5, 0.6) is 0 Å². The smallest absolute Gasteiger partial charge is 0.332 e. The molecule has 0 N–H and O–H groups in total. The number of hydrogen-bond acceptors (Lipinski definition) is 5. The molecule has 11 heteroatoms. The van der Waals surface area contributed by atoms with E-state index in [1.807, 2.05) is 0 Å². The molecule has 0 radical (unpaired) electrons. The summed E-state index contributed by atoms with van der Waals surface area (Å²) in [5.41, 5.74) is -0.324. The summed E-state index contributed by atoms with van der Waals surface area (Å²) < 4.78 is 55.3. The summed E-state index contributed by atoms with van der Waals surface area (Å²) in [5.74, 6) is -1.57. The first-order chi connectivity index (χ1) is 14.3. The first-order valence-electron chi connectivity index (χ1n) is 8.67. The van der Waals surface area contributed by atoms with Gasteiger partial charge in [0.1, 0.15) is 18.9 Å². The Morgan fingerprint density at radius 3 is 2.63 bits per heavy atom. The van der Waals surface area contributed by atoms with Crippen molar-refractivity contribution in [3.05, 3.63) is 65.3 Å². The molecule has 0 saturated carbocycles. The van der Waals surface area contributed by atoms with Crippen molar-refractivity contribution in [2.45, 2.75) is 25.8 Å². The number of aromatic nitrogens is 4. The minimum Gasteiger partial charge on any atom is -0.332 e. The van der Waals surface area contributed by atoms with Crippen LogP contribution in [0.2, 0.25) is 0 Å². The summed E-state index contributed by atoms with van der Waals surface area (Å²) in [7, 11) is 0. The van der Waals surface area contributed by atoms with E-state index in [0.29, 0.717) is 5.56 Å². The Bertz CT molecular complexity index is 1180. The lowest BCUT2D eigenvalue weighted by Gasteiger charge is -2.15. The van der Waals surface area contributed by atoms with Gasteiger partial charge in [-0.1, -0.05) is 12.1 Å². The maximum absolute atomic E-state index is 14.2. The quantitative estimate of drug-likeness (QED) is 0.484. The molecule has 1 aliphatic rings. The maximum Gasteiger partial charge on any atom is 0.417 e. The van der Waals surface area contributed by atoms with Crippen LogP contribution in [0, 0.1) is 17.3 Å². The van der Waals surface area contributed by atoms with E-state index in [-0.39, 0.29) is 36.9 Å². The summed E-state index contributed by atoms with van der Waals surface area (Å²) in [5, 5.41) is 12.6. The average Bonchev–Trinajstić information content (AvgIpc) is 3.33. The lowest BCUT2D eigenvalue weighted by molar-refractivity contribution is -0.137. The van der Waals surface area contributed by atoms with Crippen LogP contribution in [0.25, 0.3) is 11.1 Å². The van der Waals surface area contributed by atoms with Gasteiger partial charge in [-0.25, -0.2) is 14.6 Å². The van der Waals surface area contributed by atoms with Gasteiger partial charge in [-0.2, -0.15) is 22.8 Å².